The molecule has 122 valence electrons. The fraction of sp³-hybridized carbons (Fsp3) is 0.438. The van der Waals surface area contributed by atoms with E-state index in [9.17, 15) is 4.79 Å². The molecule has 1 fully saturated rings. The number of nitrogens with one attached hydrogen (secondary N) is 1. The van der Waals surface area contributed by atoms with E-state index in [-0.39, 0.29) is 18.1 Å². The minimum absolute atomic E-state index is 0.150. The number of aromatic nitrogens is 2. The minimum atomic E-state index is -0.339. The number of benzene rings is 1. The molecule has 3 rings (SSSR count). The number of hydrogen-bond donors (Lipinski definition) is 1. The standard InChI is InChI=1S/C16H19N3O4/c1-9-18-13-5-4-10(21-2)6-12(13)15(19-9)23-11-7-14(17-8-11)16(20)22-3/h4-6,11,14,17H,7-8H2,1-3H3/t11-,14?/m1/s1. The molecule has 23 heavy (non-hydrogen) atoms. The molecular weight excluding hydrogens is 298 g/mol. The Morgan fingerprint density at radius 2 is 2.13 bits per heavy atom. The molecule has 0 radical (unpaired) electrons. The van der Waals surface area contributed by atoms with Crippen LogP contribution in [0.3, 0.4) is 0 Å². The maximum absolute atomic E-state index is 11.6. The van der Waals surface area contributed by atoms with Crippen molar-refractivity contribution in [1.29, 1.82) is 0 Å². The van der Waals surface area contributed by atoms with Crippen molar-refractivity contribution in [1.82, 2.24) is 15.3 Å². The van der Waals surface area contributed by atoms with Gasteiger partial charge in [-0.1, -0.05) is 0 Å². The van der Waals surface area contributed by atoms with E-state index in [1.54, 1.807) is 7.11 Å². The van der Waals surface area contributed by atoms with Crippen LogP contribution in [0, 0.1) is 6.92 Å². The minimum Gasteiger partial charge on any atom is -0.497 e. The molecule has 7 heteroatoms. The van der Waals surface area contributed by atoms with Gasteiger partial charge in [-0.3, -0.25) is 4.79 Å². The fourth-order valence-corrected chi connectivity index (χ4v) is 2.68. The number of rotatable bonds is 4. The van der Waals surface area contributed by atoms with Gasteiger partial charge in [0.25, 0.3) is 0 Å². The summed E-state index contributed by atoms with van der Waals surface area (Å²) in [5, 5.41) is 3.88. The summed E-state index contributed by atoms with van der Waals surface area (Å²) >= 11 is 0. The van der Waals surface area contributed by atoms with Crippen LogP contribution < -0.4 is 14.8 Å². The second-order valence-corrected chi connectivity index (χ2v) is 5.42. The van der Waals surface area contributed by atoms with E-state index in [1.807, 2.05) is 25.1 Å². The summed E-state index contributed by atoms with van der Waals surface area (Å²) in [6, 6.07) is 5.24. The van der Waals surface area contributed by atoms with Gasteiger partial charge in [0.1, 0.15) is 23.7 Å². The van der Waals surface area contributed by atoms with Gasteiger partial charge in [0.15, 0.2) is 0 Å². The van der Waals surface area contributed by atoms with E-state index >= 15 is 0 Å². The molecule has 1 N–H and O–H groups in total. The monoisotopic (exact) mass is 317 g/mol. The van der Waals surface area contributed by atoms with Crippen molar-refractivity contribution in [2.24, 2.45) is 0 Å². The molecule has 2 atom stereocenters. The topological polar surface area (TPSA) is 82.6 Å². The molecule has 7 nitrogen and oxygen atoms in total. The molecular formula is C16H19N3O4. The first-order chi connectivity index (χ1) is 11.1. The summed E-state index contributed by atoms with van der Waals surface area (Å²) in [5.74, 6) is 1.57. The lowest BCUT2D eigenvalue weighted by Crippen LogP contribution is -2.31. The van der Waals surface area contributed by atoms with Gasteiger partial charge in [-0.25, -0.2) is 4.98 Å². The van der Waals surface area contributed by atoms with E-state index in [0.29, 0.717) is 30.4 Å². The molecule has 1 aromatic carbocycles. The summed E-state index contributed by atoms with van der Waals surface area (Å²) in [6.45, 7) is 2.38. The summed E-state index contributed by atoms with van der Waals surface area (Å²) in [5.41, 5.74) is 0.795. The van der Waals surface area contributed by atoms with Crippen molar-refractivity contribution < 1.29 is 19.0 Å². The first-order valence-corrected chi connectivity index (χ1v) is 7.41. The van der Waals surface area contributed by atoms with Gasteiger partial charge < -0.3 is 19.5 Å². The van der Waals surface area contributed by atoms with Crippen LogP contribution in [0.5, 0.6) is 11.6 Å². The molecule has 1 saturated heterocycles. The first kappa shape index (κ1) is 15.5. The number of methoxy groups -OCH3 is 2. The quantitative estimate of drug-likeness (QED) is 0.849. The zero-order chi connectivity index (χ0) is 16.4. The number of hydrogen-bond acceptors (Lipinski definition) is 7. The maximum atomic E-state index is 11.6. The molecule has 0 saturated carbocycles. The third-order valence-electron chi connectivity index (χ3n) is 3.83. The van der Waals surface area contributed by atoms with Crippen molar-refractivity contribution in [3.63, 3.8) is 0 Å². The SMILES string of the molecule is COC(=O)C1C[C@@H](Oc2nc(C)nc3ccc(OC)cc23)CN1. The second kappa shape index (κ2) is 6.37. The number of nitrogens with zero attached hydrogens (tertiary/aromatic N) is 2. The highest BCUT2D eigenvalue weighted by Crippen LogP contribution is 2.28. The van der Waals surface area contributed by atoms with Crippen LogP contribution >= 0.6 is 0 Å². The normalized spacial score (nSPS) is 20.5. The molecule has 0 bridgehead atoms. The molecule has 0 spiro atoms. The van der Waals surface area contributed by atoms with Gasteiger partial charge in [0, 0.05) is 13.0 Å². The molecule has 0 amide bonds. The largest absolute Gasteiger partial charge is 0.497 e. The average molecular weight is 317 g/mol. The van der Waals surface area contributed by atoms with Crippen molar-refractivity contribution >= 4 is 16.9 Å². The van der Waals surface area contributed by atoms with Crippen LogP contribution in [0.25, 0.3) is 10.9 Å². The molecule has 2 heterocycles. The van der Waals surface area contributed by atoms with Crippen LogP contribution in [0.4, 0.5) is 0 Å². The zero-order valence-electron chi connectivity index (χ0n) is 13.3. The highest BCUT2D eigenvalue weighted by molar-refractivity contribution is 5.85. The lowest BCUT2D eigenvalue weighted by Gasteiger charge is -2.14. The number of carbonyl (C=O) groups is 1. The Kier molecular flexibility index (Phi) is 4.29. The van der Waals surface area contributed by atoms with Crippen LogP contribution in [-0.2, 0) is 9.53 Å². The van der Waals surface area contributed by atoms with E-state index in [4.69, 9.17) is 14.2 Å². The summed E-state index contributed by atoms with van der Waals surface area (Å²) in [7, 11) is 2.99. The lowest BCUT2D eigenvalue weighted by molar-refractivity contribution is -0.142. The predicted molar refractivity (Wildman–Crippen MR) is 83.7 cm³/mol. The summed E-state index contributed by atoms with van der Waals surface area (Å²) < 4.78 is 16.0. The smallest absolute Gasteiger partial charge is 0.323 e. The van der Waals surface area contributed by atoms with Crippen molar-refractivity contribution in [2.45, 2.75) is 25.5 Å². The number of esters is 1. The van der Waals surface area contributed by atoms with Gasteiger partial charge in [-0.15, -0.1) is 0 Å². The van der Waals surface area contributed by atoms with Crippen molar-refractivity contribution in [2.75, 3.05) is 20.8 Å². The number of fused-ring (bicyclic) bond motifs is 1. The number of carbonyl (C=O) groups excluding carboxylic acids is 1. The Morgan fingerprint density at radius 3 is 2.87 bits per heavy atom. The highest BCUT2D eigenvalue weighted by Gasteiger charge is 2.32. The molecule has 0 aliphatic carbocycles. The van der Waals surface area contributed by atoms with E-state index in [2.05, 4.69) is 15.3 Å². The van der Waals surface area contributed by atoms with Crippen LogP contribution in [-0.4, -0.2) is 48.8 Å². The Balaban J connectivity index is 1.86. The van der Waals surface area contributed by atoms with E-state index in [1.165, 1.54) is 7.11 Å². The highest BCUT2D eigenvalue weighted by atomic mass is 16.5. The molecule has 2 aromatic rings. The number of aryl methyl sites for hydroxylation is 1. The Bertz CT molecular complexity index is 735. The Morgan fingerprint density at radius 1 is 1.30 bits per heavy atom. The third kappa shape index (κ3) is 3.19. The van der Waals surface area contributed by atoms with Gasteiger partial charge in [0.05, 0.1) is 25.1 Å². The number of ether oxygens (including phenoxy) is 3. The van der Waals surface area contributed by atoms with Gasteiger partial charge in [0.2, 0.25) is 5.88 Å². The van der Waals surface area contributed by atoms with Gasteiger partial charge in [-0.2, -0.15) is 4.98 Å². The lowest BCUT2D eigenvalue weighted by atomic mass is 10.2. The molecule has 1 aliphatic rings. The third-order valence-corrected chi connectivity index (χ3v) is 3.83. The average Bonchev–Trinajstić information content (AvgIpc) is 3.02. The summed E-state index contributed by atoms with van der Waals surface area (Å²) in [4.78, 5) is 20.4. The van der Waals surface area contributed by atoms with Gasteiger partial charge in [-0.05, 0) is 25.1 Å². The summed E-state index contributed by atoms with van der Waals surface area (Å²) in [6.07, 6.45) is 0.393. The Hall–Kier alpha value is -2.41. The zero-order valence-corrected chi connectivity index (χ0v) is 13.3. The fourth-order valence-electron chi connectivity index (χ4n) is 2.68. The second-order valence-electron chi connectivity index (χ2n) is 5.42. The van der Waals surface area contributed by atoms with Gasteiger partial charge >= 0.3 is 5.97 Å². The van der Waals surface area contributed by atoms with E-state index in [0.717, 1.165) is 10.9 Å². The van der Waals surface area contributed by atoms with Crippen LogP contribution in [0.15, 0.2) is 18.2 Å². The van der Waals surface area contributed by atoms with Crippen molar-refractivity contribution in [3.05, 3.63) is 24.0 Å². The predicted octanol–water partition coefficient (Wildman–Crippen LogP) is 1.23. The van der Waals surface area contributed by atoms with Crippen LogP contribution in [0.2, 0.25) is 0 Å². The van der Waals surface area contributed by atoms with E-state index < -0.39 is 0 Å². The molecule has 1 aliphatic heterocycles. The first-order valence-electron chi connectivity index (χ1n) is 7.41. The Labute approximate surface area is 134 Å². The molecule has 1 unspecified atom stereocenters. The molecule has 1 aromatic heterocycles. The maximum Gasteiger partial charge on any atom is 0.323 e. The van der Waals surface area contributed by atoms with Crippen LogP contribution in [0.1, 0.15) is 12.2 Å². The van der Waals surface area contributed by atoms with Crippen molar-refractivity contribution in [3.8, 4) is 11.6 Å².